The Bertz CT molecular complexity index is 576. The molecule has 0 spiro atoms. The number of aromatic nitrogens is 1. The van der Waals surface area contributed by atoms with Crippen LogP contribution in [0, 0.1) is 0 Å². The van der Waals surface area contributed by atoms with Gasteiger partial charge in [-0.05, 0) is 58.7 Å². The lowest BCUT2D eigenvalue weighted by molar-refractivity contribution is 0.294. The van der Waals surface area contributed by atoms with E-state index in [9.17, 15) is 0 Å². The largest absolute Gasteiger partial charge is 0.493 e. The minimum Gasteiger partial charge on any atom is -0.493 e. The highest BCUT2D eigenvalue weighted by molar-refractivity contribution is 9.10. The molecule has 4 nitrogen and oxygen atoms in total. The fraction of sp³-hybridized carbons (Fsp3) is 0.312. The van der Waals surface area contributed by atoms with Crippen molar-refractivity contribution in [1.29, 1.82) is 0 Å². The van der Waals surface area contributed by atoms with Crippen molar-refractivity contribution in [1.82, 2.24) is 4.98 Å². The van der Waals surface area contributed by atoms with E-state index in [2.05, 4.69) is 20.9 Å². The van der Waals surface area contributed by atoms with Gasteiger partial charge in [-0.25, -0.2) is 0 Å². The maximum Gasteiger partial charge on any atom is 0.175 e. The average Bonchev–Trinajstić information content (AvgIpc) is 2.50. The van der Waals surface area contributed by atoms with Crippen LogP contribution in [0.2, 0.25) is 0 Å². The second-order valence-electron chi connectivity index (χ2n) is 4.57. The van der Waals surface area contributed by atoms with Gasteiger partial charge in [-0.1, -0.05) is 6.07 Å². The van der Waals surface area contributed by atoms with Crippen LogP contribution in [-0.2, 0) is 12.8 Å². The molecule has 5 heteroatoms. The summed E-state index contributed by atoms with van der Waals surface area (Å²) in [6.45, 7) is 1.15. The zero-order valence-electron chi connectivity index (χ0n) is 12.0. The van der Waals surface area contributed by atoms with Crippen LogP contribution in [0.15, 0.2) is 41.0 Å². The lowest BCUT2D eigenvalue weighted by atomic mass is 10.1. The number of hydrogen-bond acceptors (Lipinski definition) is 4. The van der Waals surface area contributed by atoms with Crippen molar-refractivity contribution in [2.75, 3.05) is 20.3 Å². The summed E-state index contributed by atoms with van der Waals surface area (Å²) in [5, 5.41) is 0. The first-order valence-corrected chi connectivity index (χ1v) is 7.63. The Morgan fingerprint density at radius 3 is 2.76 bits per heavy atom. The van der Waals surface area contributed by atoms with Gasteiger partial charge in [0.25, 0.3) is 0 Å². The van der Waals surface area contributed by atoms with Crippen LogP contribution in [0.4, 0.5) is 0 Å². The van der Waals surface area contributed by atoms with Crippen LogP contribution in [0.3, 0.4) is 0 Å². The summed E-state index contributed by atoms with van der Waals surface area (Å²) in [6, 6.07) is 9.85. The molecule has 2 aromatic rings. The van der Waals surface area contributed by atoms with E-state index in [4.69, 9.17) is 15.2 Å². The Hall–Kier alpha value is -1.59. The molecule has 0 saturated carbocycles. The molecular formula is C16H19BrN2O2. The van der Waals surface area contributed by atoms with Gasteiger partial charge >= 0.3 is 0 Å². The molecule has 0 aliphatic carbocycles. The quantitative estimate of drug-likeness (QED) is 0.833. The van der Waals surface area contributed by atoms with E-state index < -0.39 is 0 Å². The molecule has 0 fully saturated rings. The standard InChI is InChI=1S/C16H19BrN2O2/c1-20-15-11-12(5-7-18)10-14(17)16(15)21-9-6-13-4-2-3-8-19-13/h2-4,8,10-11H,5-7,9,18H2,1H3. The summed E-state index contributed by atoms with van der Waals surface area (Å²) in [5.74, 6) is 1.43. The highest BCUT2D eigenvalue weighted by Gasteiger charge is 2.11. The van der Waals surface area contributed by atoms with Crippen molar-refractivity contribution in [2.45, 2.75) is 12.8 Å². The van der Waals surface area contributed by atoms with Crippen LogP contribution < -0.4 is 15.2 Å². The normalized spacial score (nSPS) is 10.4. The fourth-order valence-corrected chi connectivity index (χ4v) is 2.63. The Kier molecular flexibility index (Phi) is 6.02. The molecule has 0 bridgehead atoms. The molecule has 1 aromatic carbocycles. The number of rotatable bonds is 7. The summed E-state index contributed by atoms with van der Waals surface area (Å²) in [6.07, 6.45) is 3.34. The highest BCUT2D eigenvalue weighted by atomic mass is 79.9. The summed E-state index contributed by atoms with van der Waals surface area (Å²) in [5.41, 5.74) is 7.72. The number of hydrogen-bond donors (Lipinski definition) is 1. The van der Waals surface area contributed by atoms with E-state index in [1.54, 1.807) is 13.3 Å². The van der Waals surface area contributed by atoms with E-state index in [1.807, 2.05) is 30.3 Å². The topological polar surface area (TPSA) is 57.4 Å². The minimum atomic E-state index is 0.544. The number of nitrogens with zero attached hydrogens (tertiary/aromatic N) is 1. The molecule has 0 aliphatic rings. The molecule has 0 amide bonds. The Morgan fingerprint density at radius 1 is 1.24 bits per heavy atom. The van der Waals surface area contributed by atoms with Crippen LogP contribution in [-0.4, -0.2) is 25.2 Å². The van der Waals surface area contributed by atoms with E-state index in [0.717, 1.165) is 28.6 Å². The first kappa shape index (κ1) is 15.8. The molecule has 0 aliphatic heterocycles. The van der Waals surface area contributed by atoms with Crippen molar-refractivity contribution < 1.29 is 9.47 Å². The second-order valence-corrected chi connectivity index (χ2v) is 5.42. The van der Waals surface area contributed by atoms with Crippen LogP contribution >= 0.6 is 15.9 Å². The number of methoxy groups -OCH3 is 1. The SMILES string of the molecule is COc1cc(CCN)cc(Br)c1OCCc1ccccn1. The molecule has 112 valence electrons. The predicted octanol–water partition coefficient (Wildman–Crippen LogP) is 2.98. The maximum atomic E-state index is 5.85. The predicted molar refractivity (Wildman–Crippen MR) is 86.9 cm³/mol. The molecule has 0 atom stereocenters. The summed E-state index contributed by atoms with van der Waals surface area (Å²) >= 11 is 3.53. The van der Waals surface area contributed by atoms with Gasteiger partial charge in [-0.15, -0.1) is 0 Å². The second kappa shape index (κ2) is 8.00. The average molecular weight is 351 g/mol. The lowest BCUT2D eigenvalue weighted by Crippen LogP contribution is -2.06. The van der Waals surface area contributed by atoms with Crippen molar-refractivity contribution in [3.8, 4) is 11.5 Å². The molecule has 0 radical (unpaired) electrons. The van der Waals surface area contributed by atoms with Gasteiger partial charge in [0.1, 0.15) is 0 Å². The van der Waals surface area contributed by atoms with Crippen LogP contribution in [0.1, 0.15) is 11.3 Å². The third kappa shape index (κ3) is 4.44. The van der Waals surface area contributed by atoms with E-state index in [1.165, 1.54) is 0 Å². The number of pyridine rings is 1. The molecule has 0 saturated heterocycles. The summed E-state index contributed by atoms with van der Waals surface area (Å²) in [7, 11) is 1.64. The first-order chi connectivity index (χ1) is 10.2. The van der Waals surface area contributed by atoms with Gasteiger partial charge < -0.3 is 15.2 Å². The third-order valence-corrected chi connectivity index (χ3v) is 3.64. The van der Waals surface area contributed by atoms with Crippen molar-refractivity contribution in [2.24, 2.45) is 5.73 Å². The van der Waals surface area contributed by atoms with Gasteiger partial charge in [0.15, 0.2) is 11.5 Å². The number of halogens is 1. The van der Waals surface area contributed by atoms with Gasteiger partial charge in [0.2, 0.25) is 0 Å². The van der Waals surface area contributed by atoms with Crippen molar-refractivity contribution >= 4 is 15.9 Å². The van der Waals surface area contributed by atoms with Crippen molar-refractivity contribution in [3.63, 3.8) is 0 Å². The first-order valence-electron chi connectivity index (χ1n) is 6.83. The smallest absolute Gasteiger partial charge is 0.175 e. The minimum absolute atomic E-state index is 0.544. The Balaban J connectivity index is 2.05. The molecule has 2 N–H and O–H groups in total. The molecule has 21 heavy (non-hydrogen) atoms. The Morgan fingerprint density at radius 2 is 2.10 bits per heavy atom. The monoisotopic (exact) mass is 350 g/mol. The van der Waals surface area contributed by atoms with Gasteiger partial charge in [0.05, 0.1) is 18.2 Å². The molecule has 1 aromatic heterocycles. The zero-order chi connectivity index (χ0) is 15.1. The van der Waals surface area contributed by atoms with E-state index in [0.29, 0.717) is 24.7 Å². The van der Waals surface area contributed by atoms with Crippen LogP contribution in [0.25, 0.3) is 0 Å². The van der Waals surface area contributed by atoms with Crippen molar-refractivity contribution in [3.05, 3.63) is 52.3 Å². The lowest BCUT2D eigenvalue weighted by Gasteiger charge is -2.14. The highest BCUT2D eigenvalue weighted by Crippen LogP contribution is 2.36. The number of nitrogens with two attached hydrogens (primary N) is 1. The van der Waals surface area contributed by atoms with Gasteiger partial charge in [-0.3, -0.25) is 4.98 Å². The zero-order valence-corrected chi connectivity index (χ0v) is 13.6. The number of ether oxygens (including phenoxy) is 2. The van der Waals surface area contributed by atoms with Crippen LogP contribution in [0.5, 0.6) is 11.5 Å². The molecular weight excluding hydrogens is 332 g/mol. The number of benzene rings is 1. The van der Waals surface area contributed by atoms with E-state index in [-0.39, 0.29) is 0 Å². The summed E-state index contributed by atoms with van der Waals surface area (Å²) in [4.78, 5) is 4.28. The molecule has 2 rings (SSSR count). The van der Waals surface area contributed by atoms with Gasteiger partial charge in [-0.2, -0.15) is 0 Å². The summed E-state index contributed by atoms with van der Waals surface area (Å²) < 4.78 is 12.1. The molecule has 1 heterocycles. The van der Waals surface area contributed by atoms with E-state index >= 15 is 0 Å². The molecule has 0 unspecified atom stereocenters. The Labute approximate surface area is 133 Å². The maximum absolute atomic E-state index is 5.85. The van der Waals surface area contributed by atoms with Gasteiger partial charge in [0, 0.05) is 18.3 Å². The third-order valence-electron chi connectivity index (χ3n) is 3.05. The fourth-order valence-electron chi connectivity index (χ4n) is 2.03.